The molecule has 32 heavy (non-hydrogen) atoms. The van der Waals surface area contributed by atoms with Crippen LogP contribution in [0.15, 0.2) is 16.3 Å². The lowest BCUT2D eigenvalue weighted by Crippen LogP contribution is -2.41. The maximum atomic E-state index is 13.6. The molecule has 1 aliphatic heterocycles. The molecule has 1 aromatic rings. The first-order chi connectivity index (χ1) is 15.0. The van der Waals surface area contributed by atoms with E-state index in [-0.39, 0.29) is 48.0 Å². The maximum Gasteiger partial charge on any atom is 0.471 e. The lowest BCUT2D eigenvalue weighted by atomic mass is 9.71. The van der Waals surface area contributed by atoms with Gasteiger partial charge in [-0.3, -0.25) is 4.79 Å². The lowest BCUT2D eigenvalue weighted by Gasteiger charge is -2.32. The van der Waals surface area contributed by atoms with E-state index < -0.39 is 24.3 Å². The Hall–Kier alpha value is -3.08. The van der Waals surface area contributed by atoms with E-state index in [4.69, 9.17) is 5.26 Å². The molecule has 1 spiro atoms. The quantitative estimate of drug-likeness (QED) is 0.561. The molecule has 4 atom stereocenters. The van der Waals surface area contributed by atoms with Crippen molar-refractivity contribution < 1.29 is 26.9 Å². The van der Waals surface area contributed by atoms with E-state index in [1.54, 1.807) is 0 Å². The van der Waals surface area contributed by atoms with E-state index in [1.807, 2.05) is 26.0 Å². The number of carbonyl (C=O) groups is 1. The number of nitriles is 1. The number of amides is 1. The van der Waals surface area contributed by atoms with Gasteiger partial charge in [-0.1, -0.05) is 25.8 Å². The highest BCUT2D eigenvalue weighted by molar-refractivity contribution is 5.80. The Kier molecular flexibility index (Phi) is 5.19. The lowest BCUT2D eigenvalue weighted by molar-refractivity contribution is -0.159. The van der Waals surface area contributed by atoms with E-state index in [9.17, 15) is 22.4 Å². The predicted octanol–water partition coefficient (Wildman–Crippen LogP) is 2.81. The van der Waals surface area contributed by atoms with Crippen LogP contribution in [-0.4, -0.2) is 46.3 Å². The second-order valence-corrected chi connectivity index (χ2v) is 8.91. The van der Waals surface area contributed by atoms with Crippen LogP contribution >= 0.6 is 0 Å². The van der Waals surface area contributed by atoms with Crippen molar-refractivity contribution in [1.82, 2.24) is 20.4 Å². The molecule has 1 saturated heterocycles. The summed E-state index contributed by atoms with van der Waals surface area (Å²) in [5, 5.41) is 15.5. The zero-order valence-corrected chi connectivity index (χ0v) is 17.5. The molecule has 170 valence electrons. The van der Waals surface area contributed by atoms with Crippen LogP contribution in [-0.2, 0) is 11.0 Å². The fourth-order valence-electron chi connectivity index (χ4n) is 4.77. The van der Waals surface area contributed by atoms with Crippen molar-refractivity contribution in [2.24, 2.45) is 16.7 Å². The fourth-order valence-corrected chi connectivity index (χ4v) is 4.77. The summed E-state index contributed by atoms with van der Waals surface area (Å²) in [5.41, 5.74) is 0.265. The van der Waals surface area contributed by atoms with E-state index in [0.717, 1.165) is 12.1 Å². The van der Waals surface area contributed by atoms with Crippen molar-refractivity contribution in [2.75, 3.05) is 13.1 Å². The summed E-state index contributed by atoms with van der Waals surface area (Å²) in [7, 11) is 0. The fraction of sp³-hybridized carbons (Fsp3) is 0.619. The van der Waals surface area contributed by atoms with Crippen molar-refractivity contribution in [3.63, 3.8) is 0 Å². The number of alkyl halides is 4. The minimum absolute atomic E-state index is 0.0337. The third-order valence-corrected chi connectivity index (χ3v) is 6.81. The van der Waals surface area contributed by atoms with E-state index in [1.165, 1.54) is 4.90 Å². The van der Waals surface area contributed by atoms with Crippen LogP contribution in [0.1, 0.15) is 44.8 Å². The van der Waals surface area contributed by atoms with Gasteiger partial charge < -0.3 is 14.7 Å². The number of hydrogen-bond donors (Lipinski definition) is 1. The van der Waals surface area contributed by atoms with Gasteiger partial charge in [0.1, 0.15) is 12.2 Å². The van der Waals surface area contributed by atoms with Gasteiger partial charge >= 0.3 is 12.1 Å². The third-order valence-electron chi connectivity index (χ3n) is 6.81. The Morgan fingerprint density at radius 2 is 2.19 bits per heavy atom. The number of rotatable bonds is 3. The number of likely N-dealkylation sites (tertiary alicyclic amines) is 1. The van der Waals surface area contributed by atoms with Gasteiger partial charge in [-0.2, -0.15) is 23.4 Å². The molecule has 11 heteroatoms. The van der Waals surface area contributed by atoms with E-state index >= 15 is 0 Å². The standard InChI is InChI=1S/C21H21F4N5O2/c1-19(2)12(3-4-16-28-18(32-29-16)21(23,24)25)5-6-20(19)8-15(20)27-10-17(31)30-11-13(22)7-14(30)9-26/h8,12-14,27H,5-7,10-11H2,1-2H3/t12-,13+,14+,20+/m1/s1. The molecule has 1 N–H and O–H groups in total. The minimum Gasteiger partial charge on any atom is -0.379 e. The number of carbonyl (C=O) groups excluding carboxylic acids is 1. The van der Waals surface area contributed by atoms with Crippen molar-refractivity contribution in [2.45, 2.75) is 51.5 Å². The van der Waals surface area contributed by atoms with Crippen molar-refractivity contribution in [1.29, 1.82) is 5.26 Å². The summed E-state index contributed by atoms with van der Waals surface area (Å²) < 4.78 is 55.5. The summed E-state index contributed by atoms with van der Waals surface area (Å²) in [4.78, 5) is 17.0. The highest BCUT2D eigenvalue weighted by Gasteiger charge is 2.61. The van der Waals surface area contributed by atoms with Gasteiger partial charge in [0, 0.05) is 23.5 Å². The zero-order chi connectivity index (χ0) is 23.3. The molecule has 1 amide bonds. The first-order valence-corrected chi connectivity index (χ1v) is 10.2. The van der Waals surface area contributed by atoms with Gasteiger partial charge in [0.2, 0.25) is 11.7 Å². The SMILES string of the molecule is CC1(C)[C@H](C#Cc2noc(C(F)(F)F)n2)CC[C@@]12C=C2NCC(=O)N1C[C@@H](F)C[C@H]1C#N. The average Bonchev–Trinajstić information content (AvgIpc) is 3.00. The molecule has 2 fully saturated rings. The molecule has 3 aliphatic rings. The summed E-state index contributed by atoms with van der Waals surface area (Å²) in [6.07, 6.45) is -2.35. The molecule has 0 unspecified atom stereocenters. The molecule has 0 aromatic carbocycles. The Morgan fingerprint density at radius 3 is 2.84 bits per heavy atom. The topological polar surface area (TPSA) is 95.1 Å². The Balaban J connectivity index is 1.36. The summed E-state index contributed by atoms with van der Waals surface area (Å²) in [5.74, 6) is 3.36. The Morgan fingerprint density at radius 1 is 1.44 bits per heavy atom. The number of aromatic nitrogens is 2. The number of nitrogens with zero attached hydrogens (tertiary/aromatic N) is 4. The predicted molar refractivity (Wildman–Crippen MR) is 102 cm³/mol. The molecule has 1 aromatic heterocycles. The van der Waals surface area contributed by atoms with Gasteiger partial charge in [-0.15, -0.1) is 0 Å². The van der Waals surface area contributed by atoms with E-state index in [2.05, 4.69) is 31.8 Å². The molecular formula is C21H21F4N5O2. The smallest absolute Gasteiger partial charge is 0.379 e. The van der Waals surface area contributed by atoms with Crippen LogP contribution in [0.5, 0.6) is 0 Å². The summed E-state index contributed by atoms with van der Waals surface area (Å²) >= 11 is 0. The monoisotopic (exact) mass is 451 g/mol. The maximum absolute atomic E-state index is 13.6. The highest BCUT2D eigenvalue weighted by Crippen LogP contribution is 2.67. The molecular weight excluding hydrogens is 430 g/mol. The van der Waals surface area contributed by atoms with Crippen LogP contribution < -0.4 is 5.32 Å². The van der Waals surface area contributed by atoms with Gasteiger partial charge in [-0.05, 0) is 29.3 Å². The third kappa shape index (κ3) is 3.70. The Bertz CT molecular complexity index is 1060. The Labute approximate surface area is 181 Å². The van der Waals surface area contributed by atoms with Gasteiger partial charge in [-0.25, -0.2) is 4.39 Å². The largest absolute Gasteiger partial charge is 0.471 e. The minimum atomic E-state index is -4.72. The molecule has 1 saturated carbocycles. The average molecular weight is 451 g/mol. The van der Waals surface area contributed by atoms with Gasteiger partial charge in [0.25, 0.3) is 0 Å². The summed E-state index contributed by atoms with van der Waals surface area (Å²) in [6.45, 7) is 3.93. The van der Waals surface area contributed by atoms with Crippen LogP contribution in [0.25, 0.3) is 0 Å². The van der Waals surface area contributed by atoms with Crippen LogP contribution in [0.2, 0.25) is 0 Å². The van der Waals surface area contributed by atoms with Crippen LogP contribution in [0, 0.1) is 39.9 Å². The van der Waals surface area contributed by atoms with Gasteiger partial charge in [0.15, 0.2) is 0 Å². The second-order valence-electron chi connectivity index (χ2n) is 8.91. The normalized spacial score (nSPS) is 30.5. The first kappa shape index (κ1) is 22.1. The number of hydrogen-bond acceptors (Lipinski definition) is 6. The number of nitrogens with one attached hydrogen (secondary N) is 1. The van der Waals surface area contributed by atoms with Crippen LogP contribution in [0.3, 0.4) is 0 Å². The molecule has 2 aliphatic carbocycles. The second kappa shape index (κ2) is 7.51. The number of allylic oxidation sites excluding steroid dienone is 2. The number of halogens is 4. The van der Waals surface area contributed by atoms with Crippen molar-refractivity contribution >= 4 is 5.91 Å². The molecule has 2 heterocycles. The van der Waals surface area contributed by atoms with Crippen molar-refractivity contribution in [3.8, 4) is 17.9 Å². The molecule has 0 bridgehead atoms. The summed E-state index contributed by atoms with van der Waals surface area (Å²) in [6, 6.07) is 1.22. The first-order valence-electron chi connectivity index (χ1n) is 10.2. The zero-order valence-electron chi connectivity index (χ0n) is 17.5. The van der Waals surface area contributed by atoms with Gasteiger partial charge in [0.05, 0.1) is 19.2 Å². The van der Waals surface area contributed by atoms with E-state index in [0.29, 0.717) is 6.42 Å². The van der Waals surface area contributed by atoms with Crippen LogP contribution in [0.4, 0.5) is 17.6 Å². The molecule has 4 rings (SSSR count). The molecule has 0 radical (unpaired) electrons. The van der Waals surface area contributed by atoms with Crippen molar-refractivity contribution in [3.05, 3.63) is 23.5 Å². The highest BCUT2D eigenvalue weighted by atomic mass is 19.4. The molecule has 7 nitrogen and oxygen atoms in total.